The molecule has 0 aliphatic heterocycles. The summed E-state index contributed by atoms with van der Waals surface area (Å²) in [4.78, 5) is 1.98. The first kappa shape index (κ1) is 27.2. The van der Waals surface area contributed by atoms with Crippen molar-refractivity contribution in [3.8, 4) is 6.07 Å². The van der Waals surface area contributed by atoms with E-state index in [9.17, 15) is 0 Å². The molecular formula is C17H18Br2ClN5S3. The predicted octanol–water partition coefficient (Wildman–Crippen LogP) is 5.77. The molecule has 28 heavy (non-hydrogen) atoms. The molecule has 0 heterocycles. The van der Waals surface area contributed by atoms with Gasteiger partial charge < -0.3 is 11.5 Å². The van der Waals surface area contributed by atoms with Gasteiger partial charge in [-0.25, -0.2) is 0 Å². The fourth-order valence-corrected chi connectivity index (χ4v) is 4.56. The average Bonchev–Trinajstić information content (AvgIpc) is 2.60. The lowest BCUT2D eigenvalue weighted by molar-refractivity contribution is 1.23. The van der Waals surface area contributed by atoms with E-state index < -0.39 is 0 Å². The van der Waals surface area contributed by atoms with Crippen LogP contribution in [0, 0.1) is 22.1 Å². The van der Waals surface area contributed by atoms with Crippen LogP contribution in [0.1, 0.15) is 16.7 Å². The highest BCUT2D eigenvalue weighted by atomic mass is 79.9. The zero-order valence-corrected chi connectivity index (χ0v) is 21.0. The lowest BCUT2D eigenvalue weighted by Gasteiger charge is -2.13. The van der Waals surface area contributed by atoms with Crippen LogP contribution in [0.4, 0.5) is 0 Å². The van der Waals surface area contributed by atoms with Crippen molar-refractivity contribution in [2.45, 2.75) is 21.3 Å². The van der Waals surface area contributed by atoms with Crippen LogP contribution in [0.5, 0.6) is 0 Å². The fourth-order valence-electron chi connectivity index (χ4n) is 2.05. The van der Waals surface area contributed by atoms with Crippen molar-refractivity contribution >= 4 is 91.2 Å². The zero-order valence-electron chi connectivity index (χ0n) is 14.4. The van der Waals surface area contributed by atoms with Crippen molar-refractivity contribution in [1.82, 2.24) is 0 Å². The molecule has 0 unspecified atom stereocenters. The molecule has 0 amide bonds. The minimum atomic E-state index is 0. The van der Waals surface area contributed by atoms with Crippen molar-refractivity contribution in [3.63, 3.8) is 0 Å². The molecular weight excluding hydrogens is 566 g/mol. The summed E-state index contributed by atoms with van der Waals surface area (Å²) >= 11 is 10.1. The van der Waals surface area contributed by atoms with Crippen molar-refractivity contribution in [3.05, 3.63) is 58.1 Å². The SMILES string of the molecule is Br.Br.N#Cc1ccc(Sc2ccc(Cl)cc2CSC(=N)N)c(CSC(=N)N)c1. The molecule has 150 valence electrons. The molecule has 2 rings (SSSR count). The van der Waals surface area contributed by atoms with E-state index in [-0.39, 0.29) is 44.3 Å². The van der Waals surface area contributed by atoms with Crippen LogP contribution in [0.3, 0.4) is 0 Å². The van der Waals surface area contributed by atoms with Gasteiger partial charge in [-0.1, -0.05) is 46.9 Å². The monoisotopic (exact) mass is 581 g/mol. The Morgan fingerprint density at radius 1 is 0.929 bits per heavy atom. The summed E-state index contributed by atoms with van der Waals surface area (Å²) in [6.07, 6.45) is 0. The van der Waals surface area contributed by atoms with Crippen molar-refractivity contribution in [1.29, 1.82) is 16.1 Å². The normalized spacial score (nSPS) is 9.57. The molecule has 0 aromatic heterocycles. The number of nitrogens with zero attached hydrogens (tertiary/aromatic N) is 1. The molecule has 0 aliphatic rings. The molecule has 6 N–H and O–H groups in total. The molecule has 0 saturated carbocycles. The van der Waals surface area contributed by atoms with Gasteiger partial charge in [0.25, 0.3) is 0 Å². The molecule has 0 spiro atoms. The van der Waals surface area contributed by atoms with Crippen molar-refractivity contribution < 1.29 is 0 Å². The summed E-state index contributed by atoms with van der Waals surface area (Å²) in [6, 6.07) is 13.2. The number of nitrogens with two attached hydrogens (primary N) is 2. The van der Waals surface area contributed by atoms with E-state index in [1.165, 1.54) is 23.5 Å². The van der Waals surface area contributed by atoms with Gasteiger partial charge in [0.2, 0.25) is 0 Å². The van der Waals surface area contributed by atoms with E-state index in [0.29, 0.717) is 22.1 Å². The van der Waals surface area contributed by atoms with Gasteiger partial charge in [0.15, 0.2) is 10.3 Å². The highest BCUT2D eigenvalue weighted by Gasteiger charge is 2.11. The van der Waals surface area contributed by atoms with Crippen LogP contribution in [0.25, 0.3) is 0 Å². The van der Waals surface area contributed by atoms with Gasteiger partial charge in [-0.05, 0) is 47.5 Å². The zero-order chi connectivity index (χ0) is 19.1. The average molecular weight is 584 g/mol. The Bertz CT molecular complexity index is 890. The van der Waals surface area contributed by atoms with Gasteiger partial charge in [-0.15, -0.1) is 34.0 Å². The van der Waals surface area contributed by atoms with Crippen molar-refractivity contribution in [2.24, 2.45) is 11.5 Å². The third-order valence-corrected chi connectivity index (χ3v) is 6.20. The van der Waals surface area contributed by atoms with Crippen LogP contribution < -0.4 is 11.5 Å². The van der Waals surface area contributed by atoms with Gasteiger partial charge in [-0.3, -0.25) is 10.8 Å². The maximum absolute atomic E-state index is 9.14. The summed E-state index contributed by atoms with van der Waals surface area (Å²) in [6.45, 7) is 0. The standard InChI is InChI=1S/C17H16ClN5S3.2BrH/c18-13-2-4-15(12(6-13)9-25-17(22)23)26-14-3-1-10(7-19)5-11(14)8-24-16(20)21;;/h1-6H,8-9H2,(H3,20,21)(H3,22,23);2*1H. The maximum atomic E-state index is 9.14. The molecule has 0 aliphatic carbocycles. The minimum absolute atomic E-state index is 0. The van der Waals surface area contributed by atoms with Crippen LogP contribution >= 0.6 is 80.8 Å². The minimum Gasteiger partial charge on any atom is -0.379 e. The Balaban J connectivity index is 0.00000364. The molecule has 0 fully saturated rings. The number of hydrogen-bond acceptors (Lipinski definition) is 6. The highest BCUT2D eigenvalue weighted by molar-refractivity contribution is 8.93. The van der Waals surface area contributed by atoms with E-state index in [1.807, 2.05) is 30.3 Å². The van der Waals surface area contributed by atoms with Crippen LogP contribution in [0.2, 0.25) is 5.02 Å². The maximum Gasteiger partial charge on any atom is 0.151 e. The summed E-state index contributed by atoms with van der Waals surface area (Å²) in [5, 5.41) is 24.7. The van der Waals surface area contributed by atoms with Crippen LogP contribution in [-0.2, 0) is 11.5 Å². The Hall–Kier alpha value is -0.830. The number of rotatable bonds is 6. The summed E-state index contributed by atoms with van der Waals surface area (Å²) in [5.74, 6) is 1.06. The molecule has 2 aromatic rings. The quantitative estimate of drug-likeness (QED) is 0.253. The third-order valence-electron chi connectivity index (χ3n) is 3.20. The van der Waals surface area contributed by atoms with Gasteiger partial charge >= 0.3 is 0 Å². The molecule has 5 nitrogen and oxygen atoms in total. The molecule has 0 atom stereocenters. The number of nitriles is 1. The third kappa shape index (κ3) is 8.68. The largest absolute Gasteiger partial charge is 0.379 e. The van der Waals surface area contributed by atoms with Gasteiger partial charge in [-0.2, -0.15) is 5.26 Å². The van der Waals surface area contributed by atoms with E-state index in [1.54, 1.807) is 17.8 Å². The number of benzene rings is 2. The van der Waals surface area contributed by atoms with Gasteiger partial charge in [0, 0.05) is 26.3 Å². The molecule has 2 aromatic carbocycles. The molecule has 0 radical (unpaired) electrons. The summed E-state index contributed by atoms with van der Waals surface area (Å²) in [7, 11) is 0. The Morgan fingerprint density at radius 2 is 1.43 bits per heavy atom. The number of amidine groups is 2. The Kier molecular flexibility index (Phi) is 13.0. The molecule has 0 bridgehead atoms. The predicted molar refractivity (Wildman–Crippen MR) is 134 cm³/mol. The van der Waals surface area contributed by atoms with Crippen LogP contribution in [0.15, 0.2) is 46.2 Å². The molecule has 11 heteroatoms. The summed E-state index contributed by atoms with van der Waals surface area (Å²) in [5.41, 5.74) is 13.4. The lowest BCUT2D eigenvalue weighted by Crippen LogP contribution is -2.04. The van der Waals surface area contributed by atoms with E-state index >= 15 is 0 Å². The topological polar surface area (TPSA) is 124 Å². The fraction of sp³-hybridized carbons (Fsp3) is 0.118. The first-order valence-electron chi connectivity index (χ1n) is 7.32. The Morgan fingerprint density at radius 3 is 1.93 bits per heavy atom. The van der Waals surface area contributed by atoms with E-state index in [2.05, 4.69) is 6.07 Å². The number of nitrogens with one attached hydrogen (secondary N) is 2. The first-order valence-corrected chi connectivity index (χ1v) is 10.5. The Labute approximate surface area is 202 Å². The highest BCUT2D eigenvalue weighted by Crippen LogP contribution is 2.37. The second-order valence-electron chi connectivity index (χ2n) is 5.09. The van der Waals surface area contributed by atoms with Gasteiger partial charge in [0.1, 0.15) is 0 Å². The number of thioether (sulfide) groups is 2. The smallest absolute Gasteiger partial charge is 0.151 e. The summed E-state index contributed by atoms with van der Waals surface area (Å²) < 4.78 is 0. The van der Waals surface area contributed by atoms with Gasteiger partial charge in [0.05, 0.1) is 11.6 Å². The van der Waals surface area contributed by atoms with E-state index in [0.717, 1.165) is 20.9 Å². The number of hydrogen-bond donors (Lipinski definition) is 4. The molecule has 0 saturated heterocycles. The number of halogens is 3. The van der Waals surface area contributed by atoms with Crippen molar-refractivity contribution in [2.75, 3.05) is 0 Å². The van der Waals surface area contributed by atoms with Crippen LogP contribution in [-0.4, -0.2) is 10.3 Å². The second-order valence-corrected chi connectivity index (χ2v) is 8.65. The second kappa shape index (κ2) is 13.4. The first-order chi connectivity index (χ1) is 12.4. The lowest BCUT2D eigenvalue weighted by atomic mass is 10.1. The van der Waals surface area contributed by atoms with E-state index in [4.69, 9.17) is 39.1 Å².